The van der Waals surface area contributed by atoms with Gasteiger partial charge in [0.15, 0.2) is 0 Å². The molecule has 174 valence electrons. The Morgan fingerprint density at radius 1 is 1.34 bits per heavy atom. The van der Waals surface area contributed by atoms with E-state index in [1.807, 2.05) is 32.1 Å². The fraction of sp³-hybridized carbons (Fsp3) is 0.520. The summed E-state index contributed by atoms with van der Waals surface area (Å²) in [5, 5.41) is 0. The largest absolute Gasteiger partial charge is 0.383 e. The molecule has 0 N–H and O–H groups in total. The summed E-state index contributed by atoms with van der Waals surface area (Å²) in [5.41, 5.74) is 4.76. The molecule has 1 heterocycles. The van der Waals surface area contributed by atoms with Crippen molar-refractivity contribution in [3.63, 3.8) is 0 Å². The molecule has 1 atom stereocenters. The Kier molecular flexibility index (Phi) is 7.49. The highest BCUT2D eigenvalue weighted by atomic mass is 19.3. The quantitative estimate of drug-likeness (QED) is 0.374. The van der Waals surface area contributed by atoms with Gasteiger partial charge in [0.2, 0.25) is 12.3 Å². The monoisotopic (exact) mass is 445 g/mol. The highest BCUT2D eigenvalue weighted by Gasteiger charge is 2.37. The van der Waals surface area contributed by atoms with E-state index in [9.17, 15) is 13.6 Å². The highest BCUT2D eigenvalue weighted by molar-refractivity contribution is 5.85. The van der Waals surface area contributed by atoms with Crippen molar-refractivity contribution in [3.05, 3.63) is 47.4 Å². The van der Waals surface area contributed by atoms with E-state index in [0.29, 0.717) is 19.4 Å². The van der Waals surface area contributed by atoms with Crippen LogP contribution in [0.25, 0.3) is 16.6 Å². The summed E-state index contributed by atoms with van der Waals surface area (Å²) in [5.74, 6) is -1.72. The molecule has 1 aliphatic rings. The number of nitrogens with zero attached hydrogens (tertiary/aromatic N) is 3. The van der Waals surface area contributed by atoms with Crippen LogP contribution in [0.1, 0.15) is 69.8 Å². The molecule has 1 aromatic carbocycles. The van der Waals surface area contributed by atoms with Crippen molar-refractivity contribution in [1.82, 2.24) is 14.5 Å². The topological polar surface area (TPSA) is 47.4 Å². The predicted octanol–water partition coefficient (Wildman–Crippen LogP) is 5.93. The van der Waals surface area contributed by atoms with Gasteiger partial charge in [-0.1, -0.05) is 17.7 Å². The number of aromatic nitrogens is 2. The molecule has 0 radical (unpaired) electrons. The van der Waals surface area contributed by atoms with E-state index in [1.54, 1.807) is 20.4 Å². The summed E-state index contributed by atoms with van der Waals surface area (Å²) in [7, 11) is 3.36. The first kappa shape index (κ1) is 24.1. The van der Waals surface area contributed by atoms with Crippen LogP contribution in [0.3, 0.4) is 0 Å². The summed E-state index contributed by atoms with van der Waals surface area (Å²) in [4.78, 5) is 17.6. The molecule has 5 nitrogen and oxygen atoms in total. The molecular weight excluding hydrogens is 412 g/mol. The fourth-order valence-electron chi connectivity index (χ4n) is 4.41. The van der Waals surface area contributed by atoms with Gasteiger partial charge >= 0.3 is 0 Å². The minimum atomic E-state index is -2.58. The minimum absolute atomic E-state index is 0.00114. The summed E-state index contributed by atoms with van der Waals surface area (Å²) in [6.45, 7) is 6.58. The van der Waals surface area contributed by atoms with Gasteiger partial charge in [0.25, 0.3) is 0 Å². The Bertz CT molecular complexity index is 1010. The summed E-state index contributed by atoms with van der Waals surface area (Å²) >= 11 is 0. The van der Waals surface area contributed by atoms with Crippen LogP contribution in [0.2, 0.25) is 0 Å². The molecule has 2 aromatic rings. The number of alkyl halides is 2. The van der Waals surface area contributed by atoms with Gasteiger partial charge in [-0.05, 0) is 56.9 Å². The van der Waals surface area contributed by atoms with Gasteiger partial charge in [-0.2, -0.15) is 0 Å². The lowest BCUT2D eigenvalue weighted by molar-refractivity contribution is -0.114. The van der Waals surface area contributed by atoms with Gasteiger partial charge in [0, 0.05) is 39.1 Å². The Labute approximate surface area is 188 Å². The smallest absolute Gasteiger partial charge is 0.248 e. The van der Waals surface area contributed by atoms with Gasteiger partial charge in [-0.3, -0.25) is 4.79 Å². The molecule has 0 aliphatic heterocycles. The number of rotatable bonds is 8. The third-order valence-electron chi connectivity index (χ3n) is 5.93. The lowest BCUT2D eigenvalue weighted by Crippen LogP contribution is -2.26. The summed E-state index contributed by atoms with van der Waals surface area (Å²) in [6.07, 6.45) is 5.24. The third-order valence-corrected chi connectivity index (χ3v) is 5.93. The van der Waals surface area contributed by atoms with E-state index < -0.39 is 5.92 Å². The van der Waals surface area contributed by atoms with E-state index in [2.05, 4.69) is 17.6 Å². The number of fused-ring (bicyclic) bond motifs is 1. The van der Waals surface area contributed by atoms with Crippen LogP contribution in [0.15, 0.2) is 36.0 Å². The number of halogens is 2. The van der Waals surface area contributed by atoms with Gasteiger partial charge in [0.05, 0.1) is 23.7 Å². The van der Waals surface area contributed by atoms with E-state index in [4.69, 9.17) is 9.72 Å². The van der Waals surface area contributed by atoms with Crippen LogP contribution in [0.5, 0.6) is 0 Å². The molecule has 1 amide bonds. The van der Waals surface area contributed by atoms with Crippen LogP contribution in [-0.4, -0.2) is 47.5 Å². The summed E-state index contributed by atoms with van der Waals surface area (Å²) in [6, 6.07) is 6.03. The first-order chi connectivity index (χ1) is 15.1. The maximum absolute atomic E-state index is 13.8. The fourth-order valence-corrected chi connectivity index (χ4v) is 4.41. The second-order valence-electron chi connectivity index (χ2n) is 9.06. The van der Waals surface area contributed by atoms with Gasteiger partial charge < -0.3 is 14.2 Å². The lowest BCUT2D eigenvalue weighted by Gasteiger charge is -2.29. The zero-order valence-corrected chi connectivity index (χ0v) is 19.6. The molecule has 1 aliphatic carbocycles. The van der Waals surface area contributed by atoms with Crippen molar-refractivity contribution in [3.8, 4) is 0 Å². The number of hydrogen-bond acceptors (Lipinski definition) is 3. The molecule has 1 aromatic heterocycles. The number of carbonyl (C=O) groups is 1. The molecular formula is C25H33F2N3O2. The molecule has 0 saturated heterocycles. The highest BCUT2D eigenvalue weighted by Crippen LogP contribution is 2.42. The van der Waals surface area contributed by atoms with Gasteiger partial charge in [-0.15, -0.1) is 0 Å². The average molecular weight is 446 g/mol. The first-order valence-corrected chi connectivity index (χ1v) is 11.1. The lowest BCUT2D eigenvalue weighted by atomic mass is 9.86. The van der Waals surface area contributed by atoms with Crippen LogP contribution >= 0.6 is 0 Å². The first-order valence-electron chi connectivity index (χ1n) is 11.1. The Hall–Kier alpha value is -2.54. The van der Waals surface area contributed by atoms with E-state index >= 15 is 0 Å². The number of benzene rings is 1. The number of ether oxygens (including phenoxy) is 1. The number of imidazole rings is 1. The summed E-state index contributed by atoms with van der Waals surface area (Å²) < 4.78 is 35.1. The number of allylic oxidation sites excluding steroid dienone is 3. The van der Waals surface area contributed by atoms with Gasteiger partial charge in [-0.25, -0.2) is 13.8 Å². The Morgan fingerprint density at radius 3 is 2.62 bits per heavy atom. The molecule has 1 fully saturated rings. The second-order valence-corrected chi connectivity index (χ2v) is 9.06. The molecule has 7 heteroatoms. The minimum Gasteiger partial charge on any atom is -0.383 e. The van der Waals surface area contributed by atoms with Gasteiger partial charge in [0.1, 0.15) is 5.82 Å². The normalized spacial score (nSPS) is 17.9. The predicted molar refractivity (Wildman–Crippen MR) is 124 cm³/mol. The van der Waals surface area contributed by atoms with Crippen molar-refractivity contribution in [2.24, 2.45) is 0 Å². The van der Waals surface area contributed by atoms with Crippen molar-refractivity contribution in [2.45, 2.75) is 64.3 Å². The zero-order valence-electron chi connectivity index (χ0n) is 19.6. The third kappa shape index (κ3) is 5.44. The van der Waals surface area contributed by atoms with E-state index in [0.717, 1.165) is 40.0 Å². The SMILES string of the molecule is COCC(C)n1c(C2CCC(F)(F)CC2)nc2ccc(/C(C=C(C)C)=C/N(C)C=O)cc21. The molecule has 32 heavy (non-hydrogen) atoms. The van der Waals surface area contributed by atoms with Crippen LogP contribution < -0.4 is 0 Å². The molecule has 1 unspecified atom stereocenters. The van der Waals surface area contributed by atoms with Crippen molar-refractivity contribution in [2.75, 3.05) is 20.8 Å². The Balaban J connectivity index is 2.13. The molecule has 0 spiro atoms. The average Bonchev–Trinajstić information content (AvgIpc) is 3.11. The molecule has 0 bridgehead atoms. The van der Waals surface area contributed by atoms with E-state index in [-0.39, 0.29) is 24.8 Å². The van der Waals surface area contributed by atoms with Crippen LogP contribution in [0, 0.1) is 0 Å². The van der Waals surface area contributed by atoms with Crippen molar-refractivity contribution >= 4 is 23.0 Å². The standard InChI is InChI=1S/C25H33F2N3O2/c1-17(2)12-21(14-29(4)16-31)20-6-7-22-23(13-20)30(18(3)15-32-5)24(28-22)19-8-10-25(26,27)11-9-19/h6-7,12-14,16,18-19H,8-11,15H2,1-5H3/b21-14+. The number of methoxy groups -OCH3 is 1. The molecule has 3 rings (SSSR count). The maximum atomic E-state index is 13.8. The van der Waals surface area contributed by atoms with Crippen molar-refractivity contribution < 1.29 is 18.3 Å². The Morgan fingerprint density at radius 2 is 2.03 bits per heavy atom. The number of amides is 1. The van der Waals surface area contributed by atoms with Crippen LogP contribution in [-0.2, 0) is 9.53 Å². The van der Waals surface area contributed by atoms with Crippen LogP contribution in [0.4, 0.5) is 8.78 Å². The number of hydrogen-bond donors (Lipinski definition) is 0. The molecule has 1 saturated carbocycles. The zero-order chi connectivity index (χ0) is 23.5. The van der Waals surface area contributed by atoms with E-state index in [1.165, 1.54) is 4.90 Å². The van der Waals surface area contributed by atoms with Crippen molar-refractivity contribution in [1.29, 1.82) is 0 Å². The second kappa shape index (κ2) is 9.94. The maximum Gasteiger partial charge on any atom is 0.248 e. The number of carbonyl (C=O) groups excluding carboxylic acids is 1.